The van der Waals surface area contributed by atoms with Crippen LogP contribution in [0.2, 0.25) is 0 Å². The minimum Gasteiger partial charge on any atom is -0.481 e. The summed E-state index contributed by atoms with van der Waals surface area (Å²) in [6.07, 6.45) is 6.52. The Morgan fingerprint density at radius 3 is 2.61 bits per heavy atom. The van der Waals surface area contributed by atoms with Crippen LogP contribution in [0.15, 0.2) is 78.0 Å². The van der Waals surface area contributed by atoms with Crippen molar-refractivity contribution in [1.82, 2.24) is 29.5 Å². The first kappa shape index (κ1) is 23.0. The van der Waals surface area contributed by atoms with Gasteiger partial charge in [-0.15, -0.1) is 5.10 Å². The summed E-state index contributed by atoms with van der Waals surface area (Å²) in [5, 5.41) is 17.8. The number of rotatable bonds is 8. The Bertz CT molecular complexity index is 1600. The smallest absolute Gasteiger partial charge is 0.303 e. The number of carboxylic acid groups (broad SMARTS) is 1. The van der Waals surface area contributed by atoms with Crippen LogP contribution in [-0.4, -0.2) is 40.6 Å². The quantitative estimate of drug-likeness (QED) is 0.331. The van der Waals surface area contributed by atoms with E-state index in [2.05, 4.69) is 15.3 Å². The lowest BCUT2D eigenvalue weighted by atomic mass is 10.1. The van der Waals surface area contributed by atoms with E-state index >= 15 is 0 Å². The molecule has 0 atom stereocenters. The topological polar surface area (TPSA) is 116 Å². The highest BCUT2D eigenvalue weighted by Crippen LogP contribution is 2.23. The molecule has 0 aliphatic heterocycles. The van der Waals surface area contributed by atoms with Crippen LogP contribution >= 0.6 is 0 Å². The Kier molecular flexibility index (Phi) is 6.31. The normalized spacial score (nSPS) is 11.1. The number of halogens is 1. The van der Waals surface area contributed by atoms with Gasteiger partial charge in [-0.1, -0.05) is 11.3 Å². The van der Waals surface area contributed by atoms with E-state index in [1.165, 1.54) is 28.8 Å². The van der Waals surface area contributed by atoms with Crippen molar-refractivity contribution in [3.63, 3.8) is 0 Å². The van der Waals surface area contributed by atoms with Crippen molar-refractivity contribution < 1.29 is 14.3 Å². The number of aromatic nitrogens is 6. The van der Waals surface area contributed by atoms with Crippen molar-refractivity contribution in [3.8, 4) is 22.6 Å². The Hall–Kier alpha value is -4.73. The number of benzene rings is 2. The lowest BCUT2D eigenvalue weighted by molar-refractivity contribution is -0.137. The molecular weight excluding hydrogens is 463 g/mol. The number of aliphatic carboxylic acids is 1. The zero-order chi connectivity index (χ0) is 25.1. The van der Waals surface area contributed by atoms with Crippen LogP contribution in [0.4, 0.5) is 4.39 Å². The standard InChI is InChI=1S/C26H21FN6O3/c27-18-8-10-19(11-9-18)33-24(5-1-2-6-25(34)35)29-22-14-17(7-12-21(22)26(33)36)23-16-32(31-30-23)20-4-3-13-28-15-20/h3-4,7-16H,1-2,5-6H2,(H,34,35). The molecule has 0 spiro atoms. The first-order valence-electron chi connectivity index (χ1n) is 11.4. The Balaban J connectivity index is 1.56. The maximum atomic E-state index is 13.5. The van der Waals surface area contributed by atoms with E-state index in [1.807, 2.05) is 6.07 Å². The number of hydrogen-bond acceptors (Lipinski definition) is 6. The zero-order valence-electron chi connectivity index (χ0n) is 19.1. The predicted molar refractivity (Wildman–Crippen MR) is 131 cm³/mol. The molecule has 0 bridgehead atoms. The Morgan fingerprint density at radius 1 is 1.03 bits per heavy atom. The fraction of sp³-hybridized carbons (Fsp3) is 0.154. The van der Waals surface area contributed by atoms with Gasteiger partial charge < -0.3 is 5.11 Å². The molecule has 9 nitrogen and oxygen atoms in total. The van der Waals surface area contributed by atoms with Crippen LogP contribution in [0.1, 0.15) is 25.1 Å². The maximum absolute atomic E-state index is 13.5. The molecule has 0 saturated carbocycles. The largest absolute Gasteiger partial charge is 0.481 e. The van der Waals surface area contributed by atoms with Gasteiger partial charge in [-0.25, -0.2) is 14.1 Å². The van der Waals surface area contributed by atoms with Crippen LogP contribution in [0.3, 0.4) is 0 Å². The maximum Gasteiger partial charge on any atom is 0.303 e. The summed E-state index contributed by atoms with van der Waals surface area (Å²) >= 11 is 0. The van der Waals surface area contributed by atoms with Crippen LogP contribution < -0.4 is 5.56 Å². The molecule has 3 aromatic heterocycles. The van der Waals surface area contributed by atoms with E-state index in [1.54, 1.807) is 47.5 Å². The van der Waals surface area contributed by atoms with E-state index < -0.39 is 11.8 Å². The van der Waals surface area contributed by atoms with Crippen LogP contribution in [0, 0.1) is 5.82 Å². The van der Waals surface area contributed by atoms with Gasteiger partial charge in [0.25, 0.3) is 5.56 Å². The average molecular weight is 484 g/mol. The number of carbonyl (C=O) groups is 1. The van der Waals surface area contributed by atoms with Gasteiger partial charge in [-0.05, 0) is 61.4 Å². The third-order valence-corrected chi connectivity index (χ3v) is 5.76. The van der Waals surface area contributed by atoms with Gasteiger partial charge in [0.1, 0.15) is 17.3 Å². The molecule has 0 aliphatic carbocycles. The molecule has 1 N–H and O–H groups in total. The molecular formula is C26H21FN6O3. The number of aryl methyl sites for hydroxylation is 1. The number of fused-ring (bicyclic) bond motifs is 1. The average Bonchev–Trinajstić information content (AvgIpc) is 3.38. The number of pyridine rings is 1. The van der Waals surface area contributed by atoms with Crippen molar-refractivity contribution in [3.05, 3.63) is 95.2 Å². The summed E-state index contributed by atoms with van der Waals surface area (Å²) in [5.41, 5.74) is 2.80. The fourth-order valence-corrected chi connectivity index (χ4v) is 3.99. The molecule has 180 valence electrons. The van der Waals surface area contributed by atoms with Crippen LogP contribution in [0.5, 0.6) is 0 Å². The lowest BCUT2D eigenvalue weighted by Gasteiger charge is -2.14. The highest BCUT2D eigenvalue weighted by atomic mass is 19.1. The van der Waals surface area contributed by atoms with Crippen LogP contribution in [0.25, 0.3) is 33.5 Å². The highest BCUT2D eigenvalue weighted by molar-refractivity contribution is 5.83. The second-order valence-corrected chi connectivity index (χ2v) is 8.24. The summed E-state index contributed by atoms with van der Waals surface area (Å²) in [6, 6.07) is 14.5. The second-order valence-electron chi connectivity index (χ2n) is 8.24. The molecule has 0 radical (unpaired) electrons. The summed E-state index contributed by atoms with van der Waals surface area (Å²) in [7, 11) is 0. The third-order valence-electron chi connectivity index (χ3n) is 5.76. The van der Waals surface area contributed by atoms with Gasteiger partial charge in [0.05, 0.1) is 34.7 Å². The molecule has 0 unspecified atom stereocenters. The predicted octanol–water partition coefficient (Wildman–Crippen LogP) is 3.96. The van der Waals surface area contributed by atoms with Gasteiger partial charge in [-0.3, -0.25) is 19.1 Å². The third kappa shape index (κ3) is 4.74. The van der Waals surface area contributed by atoms with Gasteiger partial charge in [0.15, 0.2) is 0 Å². The van der Waals surface area contributed by atoms with Crippen molar-refractivity contribution >= 4 is 16.9 Å². The molecule has 36 heavy (non-hydrogen) atoms. The highest BCUT2D eigenvalue weighted by Gasteiger charge is 2.15. The van der Waals surface area contributed by atoms with E-state index in [0.717, 1.165) is 11.3 Å². The van der Waals surface area contributed by atoms with Gasteiger partial charge >= 0.3 is 5.97 Å². The SMILES string of the molecule is O=C(O)CCCCc1nc2cc(-c3cn(-c4cccnc4)nn3)ccc2c(=O)n1-c1ccc(F)cc1. The van der Waals surface area contributed by atoms with Crippen molar-refractivity contribution in [2.75, 3.05) is 0 Å². The second kappa shape index (κ2) is 9.87. The summed E-state index contributed by atoms with van der Waals surface area (Å²) < 4.78 is 16.6. The summed E-state index contributed by atoms with van der Waals surface area (Å²) in [6.45, 7) is 0. The lowest BCUT2D eigenvalue weighted by Crippen LogP contribution is -2.24. The monoisotopic (exact) mass is 484 g/mol. The molecule has 0 saturated heterocycles. The number of nitrogens with zero attached hydrogens (tertiary/aromatic N) is 6. The summed E-state index contributed by atoms with van der Waals surface area (Å²) in [5.74, 6) is -0.811. The Labute approximate surface area is 204 Å². The van der Waals surface area contributed by atoms with E-state index in [4.69, 9.17) is 10.1 Å². The van der Waals surface area contributed by atoms with E-state index in [-0.39, 0.29) is 12.0 Å². The Morgan fingerprint density at radius 2 is 1.86 bits per heavy atom. The minimum atomic E-state index is -0.874. The fourth-order valence-electron chi connectivity index (χ4n) is 3.99. The number of unbranched alkanes of at least 4 members (excludes halogenated alkanes) is 1. The van der Waals surface area contributed by atoms with Crippen molar-refractivity contribution in [2.24, 2.45) is 0 Å². The zero-order valence-corrected chi connectivity index (χ0v) is 19.1. The molecule has 0 fully saturated rings. The first-order chi connectivity index (χ1) is 17.5. The minimum absolute atomic E-state index is 0.0328. The number of carboxylic acids is 1. The van der Waals surface area contributed by atoms with E-state index in [9.17, 15) is 14.0 Å². The molecule has 0 aliphatic rings. The molecule has 2 aromatic carbocycles. The first-order valence-corrected chi connectivity index (χ1v) is 11.4. The summed E-state index contributed by atoms with van der Waals surface area (Å²) in [4.78, 5) is 33.3. The molecule has 5 aromatic rings. The van der Waals surface area contributed by atoms with Crippen LogP contribution in [-0.2, 0) is 11.2 Å². The number of hydrogen-bond donors (Lipinski definition) is 1. The molecule has 0 amide bonds. The molecule has 3 heterocycles. The van der Waals surface area contributed by atoms with Gasteiger partial charge in [0, 0.05) is 24.6 Å². The molecule has 5 rings (SSSR count). The van der Waals surface area contributed by atoms with Gasteiger partial charge in [-0.2, -0.15) is 0 Å². The van der Waals surface area contributed by atoms with Gasteiger partial charge in [0.2, 0.25) is 0 Å². The molecule has 10 heteroatoms. The van der Waals surface area contributed by atoms with Crippen molar-refractivity contribution in [1.29, 1.82) is 0 Å². The van der Waals surface area contributed by atoms with E-state index in [0.29, 0.717) is 47.4 Å². The van der Waals surface area contributed by atoms with Crippen molar-refractivity contribution in [2.45, 2.75) is 25.7 Å².